The van der Waals surface area contributed by atoms with Gasteiger partial charge in [0.05, 0.1) is 13.0 Å². The van der Waals surface area contributed by atoms with E-state index in [1.54, 1.807) is 0 Å². The van der Waals surface area contributed by atoms with Crippen molar-refractivity contribution < 1.29 is 27.5 Å². The van der Waals surface area contributed by atoms with Crippen molar-refractivity contribution in [2.24, 2.45) is 5.92 Å². The van der Waals surface area contributed by atoms with Crippen LogP contribution in [0, 0.1) is 5.92 Å². The maximum absolute atomic E-state index is 12.4. The van der Waals surface area contributed by atoms with Crippen molar-refractivity contribution in [3.05, 3.63) is 0 Å². The Kier molecular flexibility index (Phi) is 3.44. The van der Waals surface area contributed by atoms with Gasteiger partial charge < -0.3 is 9.64 Å². The van der Waals surface area contributed by atoms with E-state index in [0.717, 1.165) is 18.9 Å². The number of nitrogens with zero attached hydrogens (tertiary/aromatic N) is 1. The Morgan fingerprint density at radius 2 is 1.94 bits per heavy atom. The summed E-state index contributed by atoms with van der Waals surface area (Å²) in [5, 5.41) is 0. The molecule has 92 valence electrons. The maximum Gasteiger partial charge on any atom is 0.393 e. The molecule has 4 nitrogen and oxygen atoms in total. The number of alkyl halides is 3. The normalized spacial score (nSPS) is 25.7. The SMILES string of the molecule is COC(=O)[C@H]1C[C@@H](C(F)(F)F)CN1C(C)=O. The number of ether oxygens (including phenoxy) is 1. The molecule has 0 bridgehead atoms. The average Bonchev–Trinajstić information content (AvgIpc) is 2.60. The van der Waals surface area contributed by atoms with Crippen molar-refractivity contribution in [2.75, 3.05) is 13.7 Å². The first-order valence-corrected chi connectivity index (χ1v) is 4.69. The molecule has 0 aromatic heterocycles. The molecule has 0 aromatic carbocycles. The van der Waals surface area contributed by atoms with Gasteiger partial charge in [-0.1, -0.05) is 0 Å². The fourth-order valence-electron chi connectivity index (χ4n) is 1.78. The summed E-state index contributed by atoms with van der Waals surface area (Å²) in [6.45, 7) is 0.660. The summed E-state index contributed by atoms with van der Waals surface area (Å²) >= 11 is 0. The highest BCUT2D eigenvalue weighted by molar-refractivity contribution is 5.84. The van der Waals surface area contributed by atoms with E-state index in [1.807, 2.05) is 0 Å². The Morgan fingerprint density at radius 1 is 1.38 bits per heavy atom. The molecule has 0 aromatic rings. The van der Waals surface area contributed by atoms with E-state index >= 15 is 0 Å². The molecule has 1 amide bonds. The van der Waals surface area contributed by atoms with Gasteiger partial charge in [-0.25, -0.2) is 4.79 Å². The molecule has 1 saturated heterocycles. The van der Waals surface area contributed by atoms with E-state index in [2.05, 4.69) is 4.74 Å². The maximum atomic E-state index is 12.4. The quantitative estimate of drug-likeness (QED) is 0.640. The number of amides is 1. The number of carbonyl (C=O) groups excluding carboxylic acids is 2. The molecule has 2 atom stereocenters. The average molecular weight is 239 g/mol. The fraction of sp³-hybridized carbons (Fsp3) is 0.778. The Hall–Kier alpha value is -1.27. The second kappa shape index (κ2) is 4.31. The van der Waals surface area contributed by atoms with E-state index in [1.165, 1.54) is 0 Å². The van der Waals surface area contributed by atoms with E-state index in [4.69, 9.17) is 0 Å². The topological polar surface area (TPSA) is 46.6 Å². The van der Waals surface area contributed by atoms with Crippen LogP contribution in [-0.2, 0) is 14.3 Å². The van der Waals surface area contributed by atoms with Crippen molar-refractivity contribution in [2.45, 2.75) is 25.6 Å². The van der Waals surface area contributed by atoms with E-state index < -0.39 is 43.0 Å². The third-order valence-corrected chi connectivity index (χ3v) is 2.64. The summed E-state index contributed by atoms with van der Waals surface area (Å²) in [7, 11) is 1.08. The first kappa shape index (κ1) is 12.8. The molecule has 1 fully saturated rings. The Bertz CT molecular complexity index is 303. The summed E-state index contributed by atoms with van der Waals surface area (Å²) in [6, 6.07) is -1.12. The summed E-state index contributed by atoms with van der Waals surface area (Å²) < 4.78 is 41.7. The Balaban J connectivity index is 2.84. The number of halogens is 3. The molecule has 0 radical (unpaired) electrons. The number of esters is 1. The smallest absolute Gasteiger partial charge is 0.393 e. The van der Waals surface area contributed by atoms with Crippen molar-refractivity contribution in [1.29, 1.82) is 0 Å². The standard InChI is InChI=1S/C9H12F3NO3/c1-5(14)13-4-6(9(10,11)12)3-7(13)8(15)16-2/h6-7H,3-4H2,1-2H3/t6-,7-/m1/s1. The summed E-state index contributed by atoms with van der Waals surface area (Å²) in [6.07, 6.45) is -4.81. The van der Waals surface area contributed by atoms with Crippen LogP contribution in [0.3, 0.4) is 0 Å². The molecule has 0 N–H and O–H groups in total. The molecule has 1 aliphatic rings. The Labute approximate surface area is 90.3 Å². The zero-order valence-electron chi connectivity index (χ0n) is 8.87. The molecule has 1 aliphatic heterocycles. The molecule has 1 heterocycles. The molecule has 0 aliphatic carbocycles. The highest BCUT2D eigenvalue weighted by Gasteiger charge is 2.50. The fourth-order valence-corrected chi connectivity index (χ4v) is 1.78. The first-order chi connectivity index (χ1) is 7.27. The van der Waals surface area contributed by atoms with Gasteiger partial charge in [0.2, 0.25) is 5.91 Å². The van der Waals surface area contributed by atoms with Crippen molar-refractivity contribution >= 4 is 11.9 Å². The third kappa shape index (κ3) is 2.45. The summed E-state index contributed by atoms with van der Waals surface area (Å²) in [4.78, 5) is 23.2. The van der Waals surface area contributed by atoms with Gasteiger partial charge in [0.15, 0.2) is 0 Å². The van der Waals surface area contributed by atoms with Crippen LogP contribution >= 0.6 is 0 Å². The summed E-state index contributed by atoms with van der Waals surface area (Å²) in [5.41, 5.74) is 0. The van der Waals surface area contributed by atoms with Gasteiger partial charge >= 0.3 is 12.1 Å². The van der Waals surface area contributed by atoms with E-state index in [0.29, 0.717) is 0 Å². The largest absolute Gasteiger partial charge is 0.467 e. The lowest BCUT2D eigenvalue weighted by Crippen LogP contribution is -2.39. The second-order valence-electron chi connectivity index (χ2n) is 3.68. The lowest BCUT2D eigenvalue weighted by molar-refractivity contribution is -0.171. The number of hydrogen-bond acceptors (Lipinski definition) is 3. The van der Waals surface area contributed by atoms with Crippen LogP contribution in [-0.4, -0.2) is 42.6 Å². The molecular formula is C9H12F3NO3. The number of likely N-dealkylation sites (tertiary alicyclic amines) is 1. The van der Waals surface area contributed by atoms with Crippen molar-refractivity contribution in [3.8, 4) is 0 Å². The zero-order chi connectivity index (χ0) is 12.5. The van der Waals surface area contributed by atoms with Gasteiger partial charge in [0.25, 0.3) is 0 Å². The van der Waals surface area contributed by atoms with E-state index in [-0.39, 0.29) is 0 Å². The van der Waals surface area contributed by atoms with Crippen LogP contribution in [0.5, 0.6) is 0 Å². The van der Waals surface area contributed by atoms with Gasteiger partial charge in [0, 0.05) is 13.5 Å². The van der Waals surface area contributed by atoms with E-state index in [9.17, 15) is 22.8 Å². The monoisotopic (exact) mass is 239 g/mol. The van der Waals surface area contributed by atoms with Crippen LogP contribution in [0.15, 0.2) is 0 Å². The van der Waals surface area contributed by atoms with Crippen LogP contribution in [0.4, 0.5) is 13.2 Å². The van der Waals surface area contributed by atoms with Gasteiger partial charge in [-0.2, -0.15) is 13.2 Å². The lowest BCUT2D eigenvalue weighted by Gasteiger charge is -2.20. The molecular weight excluding hydrogens is 227 g/mol. The first-order valence-electron chi connectivity index (χ1n) is 4.69. The van der Waals surface area contributed by atoms with Gasteiger partial charge in [-0.15, -0.1) is 0 Å². The molecule has 0 spiro atoms. The number of carbonyl (C=O) groups is 2. The molecule has 16 heavy (non-hydrogen) atoms. The minimum atomic E-state index is -4.39. The molecule has 0 saturated carbocycles. The molecule has 1 rings (SSSR count). The van der Waals surface area contributed by atoms with Crippen molar-refractivity contribution in [3.63, 3.8) is 0 Å². The minimum Gasteiger partial charge on any atom is -0.467 e. The highest BCUT2D eigenvalue weighted by atomic mass is 19.4. The van der Waals surface area contributed by atoms with Crippen molar-refractivity contribution in [1.82, 2.24) is 4.90 Å². The van der Waals surface area contributed by atoms with Gasteiger partial charge in [-0.3, -0.25) is 4.79 Å². The van der Waals surface area contributed by atoms with Gasteiger partial charge in [0.1, 0.15) is 6.04 Å². The summed E-state index contributed by atoms with van der Waals surface area (Å²) in [5.74, 6) is -3.01. The predicted octanol–water partition coefficient (Wildman–Crippen LogP) is 0.959. The highest BCUT2D eigenvalue weighted by Crippen LogP contribution is 2.36. The number of methoxy groups -OCH3 is 1. The zero-order valence-corrected chi connectivity index (χ0v) is 8.87. The number of rotatable bonds is 1. The second-order valence-corrected chi connectivity index (χ2v) is 3.68. The Morgan fingerprint density at radius 3 is 2.31 bits per heavy atom. The molecule has 7 heteroatoms. The van der Waals surface area contributed by atoms with Gasteiger partial charge in [-0.05, 0) is 6.42 Å². The third-order valence-electron chi connectivity index (χ3n) is 2.64. The van der Waals surface area contributed by atoms with Crippen LogP contribution in [0.2, 0.25) is 0 Å². The van der Waals surface area contributed by atoms with Crippen LogP contribution in [0.25, 0.3) is 0 Å². The van der Waals surface area contributed by atoms with Crippen LogP contribution in [0.1, 0.15) is 13.3 Å². The lowest BCUT2D eigenvalue weighted by atomic mass is 10.1. The predicted molar refractivity (Wildman–Crippen MR) is 47.4 cm³/mol. The number of hydrogen-bond donors (Lipinski definition) is 0. The minimum absolute atomic E-state index is 0.421. The van der Waals surface area contributed by atoms with Crippen LogP contribution < -0.4 is 0 Å². The molecule has 0 unspecified atom stereocenters.